The van der Waals surface area contributed by atoms with Crippen molar-refractivity contribution in [3.63, 3.8) is 0 Å². The summed E-state index contributed by atoms with van der Waals surface area (Å²) in [6.45, 7) is 6.75. The molecular weight excluding hydrogens is 458 g/mol. The molecule has 172 valence electrons. The number of aryl methyl sites for hydroxylation is 2. The van der Waals surface area contributed by atoms with Gasteiger partial charge in [0.25, 0.3) is 0 Å². The molecule has 1 N–H and O–H groups in total. The van der Waals surface area contributed by atoms with Gasteiger partial charge in [0.1, 0.15) is 0 Å². The summed E-state index contributed by atoms with van der Waals surface area (Å²) in [5.41, 5.74) is 2.92. The van der Waals surface area contributed by atoms with E-state index in [1.807, 2.05) is 26.0 Å². The molecule has 2 aromatic rings. The number of rotatable bonds is 4. The average molecular weight is 490 g/mol. The topological polar surface area (TPSA) is 52.6 Å². The maximum absolute atomic E-state index is 13.3. The number of nitrogens with one attached hydrogen (secondary N) is 1. The maximum atomic E-state index is 13.3. The standard InChI is InChI=1S/C24H31N3O2S3/c1-18-4-5-19(2)22(16-18)32(28,29)27-14-11-24(12-15-27)10-13-26(17-24)23(30)25-20-6-8-21(31-3)9-7-20/h4-9,16H,10-15,17H2,1-3H3,(H,25,30). The van der Waals surface area contributed by atoms with E-state index >= 15 is 0 Å². The van der Waals surface area contributed by atoms with Crippen molar-refractivity contribution in [3.05, 3.63) is 53.6 Å². The molecule has 5 nitrogen and oxygen atoms in total. The highest BCUT2D eigenvalue weighted by Gasteiger charge is 2.43. The molecule has 0 saturated carbocycles. The fourth-order valence-electron chi connectivity index (χ4n) is 4.72. The number of piperidine rings is 1. The second kappa shape index (κ2) is 9.33. The fraction of sp³-hybridized carbons (Fsp3) is 0.458. The van der Waals surface area contributed by atoms with Crippen LogP contribution in [0.4, 0.5) is 5.69 Å². The Balaban J connectivity index is 1.37. The van der Waals surface area contributed by atoms with E-state index in [0.717, 1.165) is 54.3 Å². The highest BCUT2D eigenvalue weighted by Crippen LogP contribution is 2.42. The van der Waals surface area contributed by atoms with Gasteiger partial charge in [-0.15, -0.1) is 11.8 Å². The van der Waals surface area contributed by atoms with Gasteiger partial charge < -0.3 is 10.2 Å². The van der Waals surface area contributed by atoms with E-state index in [0.29, 0.717) is 18.0 Å². The van der Waals surface area contributed by atoms with Crippen molar-refractivity contribution in [3.8, 4) is 0 Å². The fourth-order valence-corrected chi connectivity index (χ4v) is 7.15. The van der Waals surface area contributed by atoms with Crippen molar-refractivity contribution in [2.24, 2.45) is 5.41 Å². The van der Waals surface area contributed by atoms with Crippen molar-refractivity contribution in [2.75, 3.05) is 37.8 Å². The minimum absolute atomic E-state index is 0.141. The van der Waals surface area contributed by atoms with Gasteiger partial charge in [0, 0.05) is 36.8 Å². The molecule has 0 amide bonds. The molecule has 2 aromatic carbocycles. The number of sulfonamides is 1. The number of thioether (sulfide) groups is 1. The maximum Gasteiger partial charge on any atom is 0.243 e. The zero-order valence-corrected chi connectivity index (χ0v) is 21.4. The normalized spacial score (nSPS) is 18.8. The van der Waals surface area contributed by atoms with Crippen LogP contribution >= 0.6 is 24.0 Å². The molecule has 0 radical (unpaired) electrons. The van der Waals surface area contributed by atoms with Crippen molar-refractivity contribution in [2.45, 2.75) is 42.9 Å². The Hall–Kier alpha value is -1.61. The van der Waals surface area contributed by atoms with Gasteiger partial charge in [0.05, 0.1) is 4.90 Å². The average Bonchev–Trinajstić information content (AvgIpc) is 3.20. The van der Waals surface area contributed by atoms with E-state index in [1.165, 1.54) is 4.90 Å². The molecule has 2 fully saturated rings. The lowest BCUT2D eigenvalue weighted by Crippen LogP contribution is -2.45. The SMILES string of the molecule is CSc1ccc(NC(=S)N2CCC3(CCN(S(=O)(=O)c4cc(C)ccc4C)CC3)C2)cc1. The second-order valence-corrected chi connectivity index (χ2v) is 12.2. The van der Waals surface area contributed by atoms with Gasteiger partial charge in [-0.1, -0.05) is 12.1 Å². The van der Waals surface area contributed by atoms with Crippen LogP contribution in [0.2, 0.25) is 0 Å². The molecule has 2 heterocycles. The third kappa shape index (κ3) is 4.83. The Bertz CT molecular complexity index is 1090. The molecule has 1 spiro atoms. The molecule has 4 rings (SSSR count). The van der Waals surface area contributed by atoms with Crippen LogP contribution in [0.5, 0.6) is 0 Å². The Labute approximate surface area is 201 Å². The van der Waals surface area contributed by atoms with E-state index in [9.17, 15) is 8.42 Å². The van der Waals surface area contributed by atoms with Gasteiger partial charge in [0.2, 0.25) is 10.0 Å². The van der Waals surface area contributed by atoms with Gasteiger partial charge in [-0.25, -0.2) is 8.42 Å². The quantitative estimate of drug-likeness (QED) is 0.487. The summed E-state index contributed by atoms with van der Waals surface area (Å²) in [7, 11) is -3.46. The lowest BCUT2D eigenvalue weighted by Gasteiger charge is -2.39. The van der Waals surface area contributed by atoms with Crippen molar-refractivity contribution >= 4 is 44.8 Å². The van der Waals surface area contributed by atoms with E-state index in [-0.39, 0.29) is 5.41 Å². The first-order valence-corrected chi connectivity index (χ1v) is 14.1. The number of thiocarbonyl (C=S) groups is 1. The molecule has 0 aliphatic carbocycles. The van der Waals surface area contributed by atoms with Gasteiger partial charge >= 0.3 is 0 Å². The van der Waals surface area contributed by atoms with Crippen LogP contribution < -0.4 is 5.32 Å². The van der Waals surface area contributed by atoms with E-state index < -0.39 is 10.0 Å². The van der Waals surface area contributed by atoms with Crippen LogP contribution in [-0.2, 0) is 10.0 Å². The summed E-state index contributed by atoms with van der Waals surface area (Å²) >= 11 is 7.41. The summed E-state index contributed by atoms with van der Waals surface area (Å²) < 4.78 is 28.2. The second-order valence-electron chi connectivity index (χ2n) is 9.00. The zero-order chi connectivity index (χ0) is 22.9. The first-order valence-electron chi connectivity index (χ1n) is 11.0. The molecule has 32 heavy (non-hydrogen) atoms. The van der Waals surface area contributed by atoms with Crippen molar-refractivity contribution in [1.29, 1.82) is 0 Å². The number of nitrogens with zero attached hydrogens (tertiary/aromatic N) is 2. The molecular formula is C24H31N3O2S3. The zero-order valence-electron chi connectivity index (χ0n) is 18.9. The summed E-state index contributed by atoms with van der Waals surface area (Å²) in [5.74, 6) is 0. The summed E-state index contributed by atoms with van der Waals surface area (Å²) in [6, 6.07) is 13.9. The minimum atomic E-state index is -3.46. The highest BCUT2D eigenvalue weighted by atomic mass is 32.2. The number of anilines is 1. The van der Waals surface area contributed by atoms with Gasteiger partial charge in [-0.05, 0) is 98.5 Å². The van der Waals surface area contributed by atoms with Crippen LogP contribution in [0.25, 0.3) is 0 Å². The first kappa shape index (κ1) is 23.5. The third-order valence-electron chi connectivity index (χ3n) is 6.81. The van der Waals surface area contributed by atoms with Gasteiger partial charge in [-0.3, -0.25) is 0 Å². The molecule has 2 aliphatic rings. The highest BCUT2D eigenvalue weighted by molar-refractivity contribution is 7.98. The van der Waals surface area contributed by atoms with Crippen LogP contribution in [0.1, 0.15) is 30.4 Å². The Morgan fingerprint density at radius 3 is 2.34 bits per heavy atom. The van der Waals surface area contributed by atoms with Gasteiger partial charge in [0.15, 0.2) is 5.11 Å². The van der Waals surface area contributed by atoms with Crippen LogP contribution in [-0.4, -0.2) is 55.2 Å². The van der Waals surface area contributed by atoms with E-state index in [2.05, 4.69) is 40.7 Å². The number of benzene rings is 2. The van der Waals surface area contributed by atoms with Crippen LogP contribution in [0.3, 0.4) is 0 Å². The van der Waals surface area contributed by atoms with Crippen LogP contribution in [0, 0.1) is 19.3 Å². The van der Waals surface area contributed by atoms with E-state index in [4.69, 9.17) is 12.2 Å². The monoisotopic (exact) mass is 489 g/mol. The van der Waals surface area contributed by atoms with Gasteiger partial charge in [-0.2, -0.15) is 4.31 Å². The predicted octanol–water partition coefficient (Wildman–Crippen LogP) is 4.90. The van der Waals surface area contributed by atoms with E-state index in [1.54, 1.807) is 22.1 Å². The third-order valence-corrected chi connectivity index (χ3v) is 9.96. The molecule has 2 aliphatic heterocycles. The Morgan fingerprint density at radius 2 is 1.69 bits per heavy atom. The molecule has 2 saturated heterocycles. The predicted molar refractivity (Wildman–Crippen MR) is 137 cm³/mol. The lowest BCUT2D eigenvalue weighted by atomic mass is 9.78. The molecule has 0 unspecified atom stereocenters. The summed E-state index contributed by atoms with van der Waals surface area (Å²) in [4.78, 5) is 3.91. The molecule has 0 bridgehead atoms. The number of likely N-dealkylation sites (tertiary alicyclic amines) is 1. The smallest absolute Gasteiger partial charge is 0.243 e. The largest absolute Gasteiger partial charge is 0.348 e. The summed E-state index contributed by atoms with van der Waals surface area (Å²) in [6.07, 6.45) is 4.87. The van der Waals surface area contributed by atoms with Crippen molar-refractivity contribution < 1.29 is 8.42 Å². The molecule has 8 heteroatoms. The molecule has 0 atom stereocenters. The van der Waals surface area contributed by atoms with Crippen LogP contribution in [0.15, 0.2) is 52.3 Å². The minimum Gasteiger partial charge on any atom is -0.348 e. The summed E-state index contributed by atoms with van der Waals surface area (Å²) in [5, 5.41) is 4.12. The lowest BCUT2D eigenvalue weighted by molar-refractivity contribution is 0.167. The number of hydrogen-bond donors (Lipinski definition) is 1. The molecule has 0 aromatic heterocycles. The number of hydrogen-bond acceptors (Lipinski definition) is 4. The van der Waals surface area contributed by atoms with Crippen molar-refractivity contribution in [1.82, 2.24) is 9.21 Å². The first-order chi connectivity index (χ1) is 15.2. The Kier molecular flexibility index (Phi) is 6.86. The Morgan fingerprint density at radius 1 is 1.03 bits per heavy atom.